The smallest absolute Gasteiger partial charge is 0.249 e. The Morgan fingerprint density at radius 2 is 1.40 bits per heavy atom. The fraction of sp³-hybridized carbons (Fsp3) is 0. The Morgan fingerprint density at radius 1 is 0.743 bits per heavy atom. The van der Waals surface area contributed by atoms with Crippen molar-refractivity contribution in [1.82, 2.24) is 0 Å². The van der Waals surface area contributed by atoms with Crippen molar-refractivity contribution >= 4 is 60.4 Å². The number of primary amides is 2. The number of carbonyl (C=O) groups is 2. The summed E-state index contributed by atoms with van der Waals surface area (Å²) in [5, 5.41) is 4.14. The first-order valence-corrected chi connectivity index (χ1v) is 11.5. The number of nitrogens with one attached hydrogen (secondary N) is 1. The first-order chi connectivity index (χ1) is 16.8. The average Bonchev–Trinajstić information content (AvgIpc) is 2.85. The third kappa shape index (κ3) is 4.07. The molecular weight excluding hydrogens is 460 g/mol. The predicted molar refractivity (Wildman–Crippen MR) is 142 cm³/mol. The molecule has 2 amide bonds. The highest BCUT2D eigenvalue weighted by atomic mass is 32.1. The number of carbonyl (C=O) groups excluding carboxylic acids is 2. The van der Waals surface area contributed by atoms with Crippen LogP contribution >= 0.6 is 11.3 Å². The van der Waals surface area contributed by atoms with Crippen LogP contribution in [0.5, 0.6) is 0 Å². The topological polar surface area (TPSA) is 141 Å². The number of nitrogen functional groups attached to an aromatic ring is 1. The Morgan fingerprint density at radius 3 is 2.03 bits per heavy atom. The molecule has 0 unspecified atom stereocenters. The van der Waals surface area contributed by atoms with Crippen molar-refractivity contribution in [3.63, 3.8) is 0 Å². The summed E-state index contributed by atoms with van der Waals surface area (Å²) in [6, 6.07) is 22.8. The van der Waals surface area contributed by atoms with Gasteiger partial charge < -0.3 is 22.5 Å². The maximum Gasteiger partial charge on any atom is 0.249 e. The van der Waals surface area contributed by atoms with E-state index in [-0.39, 0.29) is 11.0 Å². The van der Waals surface area contributed by atoms with Gasteiger partial charge in [-0.05, 0) is 72.3 Å². The van der Waals surface area contributed by atoms with Crippen molar-refractivity contribution in [3.05, 3.63) is 100 Å². The number of rotatable bonds is 5. The zero-order chi connectivity index (χ0) is 24.7. The number of anilines is 3. The van der Waals surface area contributed by atoms with Gasteiger partial charge in [-0.15, -0.1) is 11.3 Å². The number of fused-ring (bicyclic) bond motifs is 2. The average molecular weight is 481 g/mol. The SMILES string of the molecule is NC(=O)c1ccc2c(=O)c3c(-c4ccc(Nc5ccc(N)cc5)cc4)c(C(N)=O)ccc3sc2c1. The largest absolute Gasteiger partial charge is 0.399 e. The lowest BCUT2D eigenvalue weighted by Gasteiger charge is -2.13. The second-order valence-electron chi connectivity index (χ2n) is 8.06. The van der Waals surface area contributed by atoms with Gasteiger partial charge in [-0.25, -0.2) is 0 Å². The van der Waals surface area contributed by atoms with E-state index < -0.39 is 11.8 Å². The molecule has 0 saturated heterocycles. The summed E-state index contributed by atoms with van der Waals surface area (Å²) in [6.45, 7) is 0. The summed E-state index contributed by atoms with van der Waals surface area (Å²) in [7, 11) is 0. The fourth-order valence-electron chi connectivity index (χ4n) is 4.05. The van der Waals surface area contributed by atoms with Crippen LogP contribution in [0.1, 0.15) is 20.7 Å². The molecule has 0 bridgehead atoms. The van der Waals surface area contributed by atoms with Crippen molar-refractivity contribution in [3.8, 4) is 11.1 Å². The van der Waals surface area contributed by atoms with Crippen LogP contribution in [0.2, 0.25) is 0 Å². The Balaban J connectivity index is 1.67. The van der Waals surface area contributed by atoms with Gasteiger partial charge in [-0.3, -0.25) is 14.4 Å². The molecule has 1 aromatic heterocycles. The minimum absolute atomic E-state index is 0.244. The number of hydrogen-bond donors (Lipinski definition) is 4. The maximum atomic E-state index is 13.6. The van der Waals surface area contributed by atoms with E-state index in [1.807, 2.05) is 36.4 Å². The monoisotopic (exact) mass is 480 g/mol. The molecule has 5 aromatic rings. The summed E-state index contributed by atoms with van der Waals surface area (Å²) >= 11 is 1.35. The van der Waals surface area contributed by atoms with Crippen molar-refractivity contribution < 1.29 is 9.59 Å². The van der Waals surface area contributed by atoms with Gasteiger partial charge in [0.1, 0.15) is 0 Å². The Kier molecular flexibility index (Phi) is 5.43. The van der Waals surface area contributed by atoms with Crippen LogP contribution in [-0.4, -0.2) is 11.8 Å². The third-order valence-electron chi connectivity index (χ3n) is 5.76. The Hall–Kier alpha value is -4.69. The molecule has 5 rings (SSSR count). The molecule has 8 heteroatoms. The first-order valence-electron chi connectivity index (χ1n) is 10.7. The summed E-state index contributed by atoms with van der Waals surface area (Å²) in [6.07, 6.45) is 0. The van der Waals surface area contributed by atoms with Gasteiger partial charge in [0, 0.05) is 53.9 Å². The van der Waals surface area contributed by atoms with Gasteiger partial charge in [0.25, 0.3) is 0 Å². The molecule has 35 heavy (non-hydrogen) atoms. The van der Waals surface area contributed by atoms with Crippen LogP contribution in [-0.2, 0) is 0 Å². The highest BCUT2D eigenvalue weighted by molar-refractivity contribution is 7.24. The van der Waals surface area contributed by atoms with Gasteiger partial charge in [-0.2, -0.15) is 0 Å². The standard InChI is InChI=1S/C27H20N4O3S/c28-16-4-8-18(9-5-16)31-17-6-1-14(2-7-17)23-20(27(30)34)11-12-21-24(23)25(32)19-10-3-15(26(29)33)13-22(19)35-21/h1-13,31H,28H2,(H2,29,33)(H2,30,34). The molecule has 7 nitrogen and oxygen atoms in total. The zero-order valence-corrected chi connectivity index (χ0v) is 19.2. The third-order valence-corrected chi connectivity index (χ3v) is 6.88. The van der Waals surface area contributed by atoms with E-state index in [2.05, 4.69) is 5.32 Å². The van der Waals surface area contributed by atoms with E-state index in [0.29, 0.717) is 42.6 Å². The molecule has 1 heterocycles. The van der Waals surface area contributed by atoms with Crippen molar-refractivity contribution in [2.24, 2.45) is 11.5 Å². The summed E-state index contributed by atoms with van der Waals surface area (Å²) in [4.78, 5) is 37.5. The molecule has 7 N–H and O–H groups in total. The van der Waals surface area contributed by atoms with Gasteiger partial charge in [0.05, 0.1) is 0 Å². The van der Waals surface area contributed by atoms with Crippen LogP contribution in [0.4, 0.5) is 17.1 Å². The molecule has 0 aliphatic rings. The van der Waals surface area contributed by atoms with E-state index in [1.165, 1.54) is 17.4 Å². The molecule has 0 fully saturated rings. The van der Waals surface area contributed by atoms with Crippen LogP contribution in [0.3, 0.4) is 0 Å². The number of benzene rings is 4. The lowest BCUT2D eigenvalue weighted by Crippen LogP contribution is -2.15. The minimum atomic E-state index is -0.625. The molecule has 0 aliphatic carbocycles. The van der Waals surface area contributed by atoms with Crippen LogP contribution in [0.25, 0.3) is 31.3 Å². The first kappa shape index (κ1) is 22.1. The van der Waals surface area contributed by atoms with Crippen LogP contribution < -0.4 is 27.9 Å². The van der Waals surface area contributed by atoms with E-state index in [4.69, 9.17) is 17.2 Å². The lowest BCUT2D eigenvalue weighted by molar-refractivity contribution is 0.0992. The van der Waals surface area contributed by atoms with Gasteiger partial charge in [0.15, 0.2) is 5.43 Å². The summed E-state index contributed by atoms with van der Waals surface area (Å²) in [5.74, 6) is -1.19. The normalized spacial score (nSPS) is 11.0. The highest BCUT2D eigenvalue weighted by Crippen LogP contribution is 2.35. The van der Waals surface area contributed by atoms with Gasteiger partial charge in [-0.1, -0.05) is 12.1 Å². The lowest BCUT2D eigenvalue weighted by atomic mass is 9.94. The molecule has 0 radical (unpaired) electrons. The molecule has 0 atom stereocenters. The van der Waals surface area contributed by atoms with Gasteiger partial charge >= 0.3 is 0 Å². The van der Waals surface area contributed by atoms with Crippen LogP contribution in [0.15, 0.2) is 83.7 Å². The number of hydrogen-bond acceptors (Lipinski definition) is 6. The van der Waals surface area contributed by atoms with Crippen LogP contribution in [0, 0.1) is 0 Å². The highest BCUT2D eigenvalue weighted by Gasteiger charge is 2.19. The summed E-state index contributed by atoms with van der Waals surface area (Å²) < 4.78 is 1.31. The molecule has 172 valence electrons. The van der Waals surface area contributed by atoms with Gasteiger partial charge in [0.2, 0.25) is 11.8 Å². The molecule has 0 spiro atoms. The maximum absolute atomic E-state index is 13.6. The fourth-order valence-corrected chi connectivity index (χ4v) is 5.18. The molecule has 0 saturated carbocycles. The van der Waals surface area contributed by atoms with E-state index >= 15 is 0 Å². The van der Waals surface area contributed by atoms with E-state index in [0.717, 1.165) is 11.4 Å². The second-order valence-corrected chi connectivity index (χ2v) is 9.14. The zero-order valence-electron chi connectivity index (χ0n) is 18.4. The number of nitrogens with two attached hydrogens (primary N) is 3. The summed E-state index contributed by atoms with van der Waals surface area (Å²) in [5.41, 5.74) is 20.7. The Labute approximate surface area is 203 Å². The predicted octanol–water partition coefficient (Wildman–Crippen LogP) is 4.61. The van der Waals surface area contributed by atoms with Crippen molar-refractivity contribution in [2.45, 2.75) is 0 Å². The molecular formula is C27H20N4O3S. The van der Waals surface area contributed by atoms with Crippen molar-refractivity contribution in [1.29, 1.82) is 0 Å². The molecule has 0 aliphatic heterocycles. The number of amides is 2. The molecule has 4 aromatic carbocycles. The van der Waals surface area contributed by atoms with E-state index in [9.17, 15) is 14.4 Å². The second kappa shape index (κ2) is 8.58. The Bertz CT molecular complexity index is 1690. The minimum Gasteiger partial charge on any atom is -0.399 e. The quantitative estimate of drug-likeness (QED) is 0.215. The van der Waals surface area contributed by atoms with E-state index in [1.54, 1.807) is 36.4 Å². The van der Waals surface area contributed by atoms with Crippen molar-refractivity contribution in [2.75, 3.05) is 11.1 Å².